The summed E-state index contributed by atoms with van der Waals surface area (Å²) >= 11 is 1.35. The molecular formula is C19H13N3O3S. The zero-order valence-corrected chi connectivity index (χ0v) is 14.6. The third kappa shape index (κ3) is 3.61. The van der Waals surface area contributed by atoms with Gasteiger partial charge in [-0.25, -0.2) is 4.98 Å². The minimum absolute atomic E-state index is 0.150. The van der Waals surface area contributed by atoms with Crippen LogP contribution in [0.1, 0.15) is 10.6 Å². The maximum Gasteiger partial charge on any atom is 0.311 e. The van der Waals surface area contributed by atoms with E-state index in [2.05, 4.69) is 11.1 Å². The lowest BCUT2D eigenvalue weighted by Crippen LogP contribution is -1.94. The highest BCUT2D eigenvalue weighted by atomic mass is 32.1. The quantitative estimate of drug-likeness (QED) is 0.369. The van der Waals surface area contributed by atoms with Crippen LogP contribution in [0.5, 0.6) is 5.75 Å². The second-order valence-electron chi connectivity index (χ2n) is 5.26. The molecule has 0 amide bonds. The predicted molar refractivity (Wildman–Crippen MR) is 101 cm³/mol. The molecule has 0 atom stereocenters. The maximum absolute atomic E-state index is 11.1. The molecule has 0 bridgehead atoms. The van der Waals surface area contributed by atoms with Crippen molar-refractivity contribution in [3.05, 3.63) is 74.6 Å². The Kier molecular flexibility index (Phi) is 5.06. The normalized spacial score (nSPS) is 11.0. The zero-order chi connectivity index (χ0) is 18.5. The maximum atomic E-state index is 11.1. The molecule has 1 aromatic heterocycles. The van der Waals surface area contributed by atoms with E-state index in [-0.39, 0.29) is 11.4 Å². The fourth-order valence-corrected chi connectivity index (χ4v) is 3.18. The standard InChI is InChI=1S/C19H13N3O3S/c1-25-18-8-7-13(10-17(18)22(23)24)9-15(11-20)19-21-16(12-26-19)14-5-3-2-4-6-14/h2-10,12H,1H3/b15-9-. The summed E-state index contributed by atoms with van der Waals surface area (Å²) in [7, 11) is 1.37. The SMILES string of the molecule is COc1ccc(/C=C(/C#N)c2nc(-c3ccccc3)cs2)cc1[N+](=O)[O-]. The fraction of sp³-hybridized carbons (Fsp3) is 0.0526. The van der Waals surface area contributed by atoms with Crippen molar-refractivity contribution in [2.24, 2.45) is 0 Å². The molecule has 0 saturated carbocycles. The molecule has 0 N–H and O–H groups in total. The number of aromatic nitrogens is 1. The highest BCUT2D eigenvalue weighted by Crippen LogP contribution is 2.31. The van der Waals surface area contributed by atoms with Gasteiger partial charge in [-0.15, -0.1) is 11.3 Å². The molecule has 128 valence electrons. The number of nitrogens with zero attached hydrogens (tertiary/aromatic N) is 3. The van der Waals surface area contributed by atoms with Gasteiger partial charge in [0.15, 0.2) is 5.75 Å². The van der Waals surface area contributed by atoms with E-state index in [0.29, 0.717) is 16.1 Å². The number of ether oxygens (including phenoxy) is 1. The van der Waals surface area contributed by atoms with E-state index in [1.165, 1.54) is 30.6 Å². The highest BCUT2D eigenvalue weighted by molar-refractivity contribution is 7.11. The van der Waals surface area contributed by atoms with Crippen LogP contribution in [0.3, 0.4) is 0 Å². The van der Waals surface area contributed by atoms with E-state index in [1.807, 2.05) is 35.7 Å². The lowest BCUT2D eigenvalue weighted by atomic mass is 10.1. The highest BCUT2D eigenvalue weighted by Gasteiger charge is 2.15. The van der Waals surface area contributed by atoms with E-state index in [0.717, 1.165) is 11.3 Å². The second-order valence-corrected chi connectivity index (χ2v) is 6.12. The monoisotopic (exact) mass is 363 g/mol. The van der Waals surface area contributed by atoms with Crippen molar-refractivity contribution in [3.8, 4) is 23.1 Å². The van der Waals surface area contributed by atoms with Crippen LogP contribution in [0, 0.1) is 21.4 Å². The van der Waals surface area contributed by atoms with Crippen LogP contribution in [-0.4, -0.2) is 17.0 Å². The van der Waals surface area contributed by atoms with Crippen LogP contribution in [0.4, 0.5) is 5.69 Å². The van der Waals surface area contributed by atoms with Crippen LogP contribution in [0.15, 0.2) is 53.9 Å². The number of rotatable bonds is 5. The number of benzene rings is 2. The molecule has 0 aliphatic rings. The molecule has 0 aliphatic heterocycles. The fourth-order valence-electron chi connectivity index (χ4n) is 2.39. The van der Waals surface area contributed by atoms with Gasteiger partial charge in [-0.05, 0) is 17.7 Å². The van der Waals surface area contributed by atoms with Gasteiger partial charge in [0.1, 0.15) is 11.1 Å². The van der Waals surface area contributed by atoms with Crippen LogP contribution in [-0.2, 0) is 0 Å². The van der Waals surface area contributed by atoms with Gasteiger partial charge in [0.25, 0.3) is 0 Å². The minimum Gasteiger partial charge on any atom is -0.490 e. The summed E-state index contributed by atoms with van der Waals surface area (Å²) in [6, 6.07) is 16.3. The van der Waals surface area contributed by atoms with Gasteiger partial charge in [-0.2, -0.15) is 5.26 Å². The number of hydrogen-bond acceptors (Lipinski definition) is 6. The summed E-state index contributed by atoms with van der Waals surface area (Å²) < 4.78 is 4.99. The molecule has 0 unspecified atom stereocenters. The largest absolute Gasteiger partial charge is 0.490 e. The predicted octanol–water partition coefficient (Wildman–Crippen LogP) is 4.79. The first-order valence-electron chi connectivity index (χ1n) is 7.58. The number of nitro groups is 1. The molecule has 0 fully saturated rings. The zero-order valence-electron chi connectivity index (χ0n) is 13.7. The van der Waals surface area contributed by atoms with Crippen molar-refractivity contribution in [2.45, 2.75) is 0 Å². The molecule has 2 aromatic carbocycles. The number of thiazole rings is 1. The van der Waals surface area contributed by atoms with Gasteiger partial charge in [-0.3, -0.25) is 10.1 Å². The molecule has 0 radical (unpaired) electrons. The Morgan fingerprint density at radius 1 is 1.31 bits per heavy atom. The Hall–Kier alpha value is -3.50. The minimum atomic E-state index is -0.515. The van der Waals surface area contributed by atoms with Gasteiger partial charge in [-0.1, -0.05) is 36.4 Å². The molecule has 0 spiro atoms. The lowest BCUT2D eigenvalue weighted by Gasteiger charge is -2.02. The van der Waals surface area contributed by atoms with E-state index < -0.39 is 4.92 Å². The van der Waals surface area contributed by atoms with Gasteiger partial charge in [0, 0.05) is 17.0 Å². The Morgan fingerprint density at radius 2 is 2.08 bits per heavy atom. The van der Waals surface area contributed by atoms with Crippen LogP contribution in [0.2, 0.25) is 0 Å². The molecule has 7 heteroatoms. The van der Waals surface area contributed by atoms with Crippen molar-refractivity contribution in [3.63, 3.8) is 0 Å². The Morgan fingerprint density at radius 3 is 2.73 bits per heavy atom. The molecular weight excluding hydrogens is 350 g/mol. The Labute approximate surface area is 153 Å². The van der Waals surface area contributed by atoms with E-state index in [4.69, 9.17) is 4.74 Å². The summed E-state index contributed by atoms with van der Waals surface area (Å²) in [6.45, 7) is 0. The smallest absolute Gasteiger partial charge is 0.311 e. The number of nitriles is 1. The van der Waals surface area contributed by atoms with E-state index in [1.54, 1.807) is 12.1 Å². The molecule has 6 nitrogen and oxygen atoms in total. The van der Waals surface area contributed by atoms with Crippen LogP contribution >= 0.6 is 11.3 Å². The van der Waals surface area contributed by atoms with Gasteiger partial charge in [0.05, 0.1) is 23.3 Å². The summed E-state index contributed by atoms with van der Waals surface area (Å²) in [5, 5.41) is 23.1. The number of allylic oxidation sites excluding steroid dienone is 1. The first kappa shape index (κ1) is 17.3. The van der Waals surface area contributed by atoms with E-state index in [9.17, 15) is 15.4 Å². The van der Waals surface area contributed by atoms with Gasteiger partial charge >= 0.3 is 5.69 Å². The third-order valence-corrected chi connectivity index (χ3v) is 4.51. The number of nitro benzene ring substituents is 1. The average molecular weight is 363 g/mol. The number of hydrogen-bond donors (Lipinski definition) is 0. The second kappa shape index (κ2) is 7.59. The molecule has 1 heterocycles. The van der Waals surface area contributed by atoms with Crippen molar-refractivity contribution >= 4 is 28.7 Å². The van der Waals surface area contributed by atoms with Crippen LogP contribution in [0.25, 0.3) is 22.9 Å². The topological polar surface area (TPSA) is 89.0 Å². The van der Waals surface area contributed by atoms with Crippen molar-refractivity contribution in [1.29, 1.82) is 5.26 Å². The average Bonchev–Trinajstić information content (AvgIpc) is 3.16. The summed E-state index contributed by atoms with van der Waals surface area (Å²) in [6.07, 6.45) is 1.58. The molecule has 3 aromatic rings. The molecule has 0 aliphatic carbocycles. The summed E-state index contributed by atoms with van der Waals surface area (Å²) in [4.78, 5) is 15.1. The van der Waals surface area contributed by atoms with Crippen molar-refractivity contribution in [2.75, 3.05) is 7.11 Å². The molecule has 3 rings (SSSR count). The molecule has 0 saturated heterocycles. The van der Waals surface area contributed by atoms with Crippen LogP contribution < -0.4 is 4.74 Å². The summed E-state index contributed by atoms with van der Waals surface area (Å²) in [5.74, 6) is 0.172. The first-order valence-corrected chi connectivity index (χ1v) is 8.46. The van der Waals surface area contributed by atoms with Gasteiger partial charge in [0.2, 0.25) is 0 Å². The number of methoxy groups -OCH3 is 1. The lowest BCUT2D eigenvalue weighted by molar-refractivity contribution is -0.385. The molecule has 26 heavy (non-hydrogen) atoms. The first-order chi connectivity index (χ1) is 12.6. The summed E-state index contributed by atoms with van der Waals surface area (Å²) in [5.41, 5.74) is 2.48. The van der Waals surface area contributed by atoms with E-state index >= 15 is 0 Å². The van der Waals surface area contributed by atoms with Crippen molar-refractivity contribution in [1.82, 2.24) is 4.98 Å². The third-order valence-electron chi connectivity index (χ3n) is 3.64. The Bertz CT molecular complexity index is 1020. The van der Waals surface area contributed by atoms with Crippen molar-refractivity contribution < 1.29 is 9.66 Å². The Balaban J connectivity index is 1.97. The van der Waals surface area contributed by atoms with Gasteiger partial charge < -0.3 is 4.74 Å².